The van der Waals surface area contributed by atoms with Crippen molar-refractivity contribution in [3.63, 3.8) is 0 Å². The summed E-state index contributed by atoms with van der Waals surface area (Å²) in [5.41, 5.74) is 2.76. The summed E-state index contributed by atoms with van der Waals surface area (Å²) in [6.45, 7) is 3.78. The Hall–Kier alpha value is -3.39. The van der Waals surface area contributed by atoms with Crippen LogP contribution in [0.15, 0.2) is 60.2 Å². The van der Waals surface area contributed by atoms with E-state index in [0.29, 0.717) is 59.0 Å². The smallest absolute Gasteiger partial charge is 0.244 e. The molecule has 0 bridgehead atoms. The molecule has 1 aromatic carbocycles. The maximum Gasteiger partial charge on any atom is 0.244 e. The molecule has 4 aromatic heterocycles. The number of aromatic nitrogens is 4. The van der Waals surface area contributed by atoms with Crippen LogP contribution in [0.3, 0.4) is 0 Å². The molecule has 0 unspecified atom stereocenters. The van der Waals surface area contributed by atoms with E-state index in [1.807, 2.05) is 11.4 Å². The van der Waals surface area contributed by atoms with Crippen molar-refractivity contribution in [2.75, 3.05) is 30.9 Å². The average Bonchev–Trinajstić information content (AvgIpc) is 3.53. The van der Waals surface area contributed by atoms with Crippen molar-refractivity contribution in [1.82, 2.24) is 18.9 Å². The first-order valence-electron chi connectivity index (χ1n) is 12.6. The minimum absolute atomic E-state index is 0.0572. The van der Waals surface area contributed by atoms with E-state index < -0.39 is 19.9 Å². The van der Waals surface area contributed by atoms with Crippen molar-refractivity contribution in [3.8, 4) is 11.4 Å². The van der Waals surface area contributed by atoms with Crippen molar-refractivity contribution < 1.29 is 21.6 Å². The molecular formula is C27H27N5O5S3. The first kappa shape index (κ1) is 26.8. The fraction of sp³-hybridized carbons (Fsp3) is 0.296. The number of nitrogens with zero attached hydrogens (tertiary/aromatic N) is 5. The lowest BCUT2D eigenvalue weighted by molar-refractivity contribution is 0.0987. The average molecular weight is 598 g/mol. The van der Waals surface area contributed by atoms with Crippen molar-refractivity contribution >= 4 is 58.3 Å². The van der Waals surface area contributed by atoms with E-state index in [4.69, 9.17) is 14.7 Å². The molecule has 40 heavy (non-hydrogen) atoms. The number of ether oxygens (including phenoxy) is 1. The highest BCUT2D eigenvalue weighted by Gasteiger charge is 2.27. The lowest BCUT2D eigenvalue weighted by Gasteiger charge is -2.34. The molecule has 13 heteroatoms. The minimum atomic E-state index is -3.75. The van der Waals surface area contributed by atoms with E-state index >= 15 is 0 Å². The van der Waals surface area contributed by atoms with Crippen LogP contribution in [0.5, 0.6) is 0 Å². The summed E-state index contributed by atoms with van der Waals surface area (Å²) in [6, 6.07) is 12.5. The van der Waals surface area contributed by atoms with Gasteiger partial charge in [-0.05, 0) is 30.0 Å². The third-order valence-electron chi connectivity index (χ3n) is 6.82. The zero-order chi connectivity index (χ0) is 28.1. The van der Waals surface area contributed by atoms with E-state index in [0.717, 1.165) is 4.70 Å². The normalized spacial score (nSPS) is 16.6. The van der Waals surface area contributed by atoms with Crippen LogP contribution in [0.4, 0.5) is 5.82 Å². The minimum Gasteiger partial charge on any atom is -0.377 e. The summed E-state index contributed by atoms with van der Waals surface area (Å²) < 4.78 is 58.8. The molecule has 0 saturated carbocycles. The maximum absolute atomic E-state index is 13.4. The number of thiophene rings is 1. The van der Waals surface area contributed by atoms with Gasteiger partial charge in [-0.15, -0.1) is 11.3 Å². The Bertz CT molecular complexity index is 1940. The summed E-state index contributed by atoms with van der Waals surface area (Å²) in [5.74, 6) is 0.776. The monoisotopic (exact) mass is 597 g/mol. The predicted molar refractivity (Wildman–Crippen MR) is 157 cm³/mol. The summed E-state index contributed by atoms with van der Waals surface area (Å²) >= 11 is 1.43. The molecule has 5 aromatic rings. The fourth-order valence-corrected chi connectivity index (χ4v) is 8.29. The Labute approximate surface area is 236 Å². The highest BCUT2D eigenvalue weighted by molar-refractivity contribution is 7.90. The number of sulfone groups is 1. The second kappa shape index (κ2) is 10.2. The Morgan fingerprint density at radius 2 is 1.85 bits per heavy atom. The third-order valence-corrected chi connectivity index (χ3v) is 10.3. The van der Waals surface area contributed by atoms with Crippen molar-refractivity contribution in [3.05, 3.63) is 71.4 Å². The van der Waals surface area contributed by atoms with Gasteiger partial charge in [0, 0.05) is 41.7 Å². The van der Waals surface area contributed by atoms with Gasteiger partial charge < -0.3 is 9.64 Å². The third kappa shape index (κ3) is 5.09. The van der Waals surface area contributed by atoms with Crippen molar-refractivity contribution in [2.24, 2.45) is 0 Å². The second-order valence-corrected chi connectivity index (χ2v) is 14.8. The van der Waals surface area contributed by atoms with Crippen LogP contribution in [-0.4, -0.2) is 67.8 Å². The number of rotatable bonds is 7. The van der Waals surface area contributed by atoms with E-state index in [2.05, 4.69) is 16.8 Å². The Balaban J connectivity index is 1.52. The second-order valence-electron chi connectivity index (χ2n) is 9.95. The molecule has 1 aliphatic heterocycles. The molecule has 5 heterocycles. The maximum atomic E-state index is 13.4. The first-order chi connectivity index (χ1) is 19.1. The van der Waals surface area contributed by atoms with Gasteiger partial charge in [-0.2, -0.15) is 0 Å². The van der Waals surface area contributed by atoms with E-state index in [9.17, 15) is 16.8 Å². The molecule has 208 valence electrons. The molecular weight excluding hydrogens is 571 g/mol. The van der Waals surface area contributed by atoms with Crippen LogP contribution in [0, 0.1) is 0 Å². The van der Waals surface area contributed by atoms with Crippen LogP contribution in [-0.2, 0) is 36.1 Å². The molecule has 0 N–H and O–H groups in total. The van der Waals surface area contributed by atoms with E-state index in [-0.39, 0.29) is 23.2 Å². The number of hydrogen-bond donors (Lipinski definition) is 0. The molecule has 1 fully saturated rings. The molecule has 1 atom stereocenters. The van der Waals surface area contributed by atoms with Crippen molar-refractivity contribution in [2.45, 2.75) is 24.5 Å². The van der Waals surface area contributed by atoms with Gasteiger partial charge in [0.1, 0.15) is 0 Å². The Kier molecular flexibility index (Phi) is 6.85. The van der Waals surface area contributed by atoms with Crippen LogP contribution in [0.25, 0.3) is 32.6 Å². The van der Waals surface area contributed by atoms with Crippen LogP contribution < -0.4 is 4.90 Å². The number of benzene rings is 1. The van der Waals surface area contributed by atoms with Gasteiger partial charge in [0.25, 0.3) is 0 Å². The number of hydrogen-bond acceptors (Lipinski definition) is 10. The summed E-state index contributed by atoms with van der Waals surface area (Å²) in [7, 11) is -7.06. The van der Waals surface area contributed by atoms with Crippen LogP contribution >= 0.6 is 11.3 Å². The molecule has 0 radical (unpaired) electrons. The van der Waals surface area contributed by atoms with Gasteiger partial charge in [0.2, 0.25) is 10.0 Å². The summed E-state index contributed by atoms with van der Waals surface area (Å²) in [4.78, 5) is 16.4. The molecule has 0 aliphatic carbocycles. The fourth-order valence-electron chi connectivity index (χ4n) is 4.98. The van der Waals surface area contributed by atoms with Gasteiger partial charge in [-0.25, -0.2) is 35.8 Å². The topological polar surface area (TPSA) is 124 Å². The standard InChI is InChI=1S/C27H27N5O5S3/c1-18-14-37-13-12-31(18)27-24-23(20(15-38-24)17-39(2,33)34)29-25(30-27)21-8-10-28-26-22(21)9-11-32(26)40(35,36)16-19-6-4-3-5-7-19/h3-11,15,18H,12-14,16-17H2,1-2H3/t18-/m1/s1. The number of anilines is 1. The van der Waals surface area contributed by atoms with Crippen molar-refractivity contribution in [1.29, 1.82) is 0 Å². The first-order valence-corrected chi connectivity index (χ1v) is 17.2. The highest BCUT2D eigenvalue weighted by atomic mass is 32.2. The van der Waals surface area contributed by atoms with E-state index in [1.165, 1.54) is 27.8 Å². The largest absolute Gasteiger partial charge is 0.377 e. The summed E-state index contributed by atoms with van der Waals surface area (Å²) in [6.07, 6.45) is 4.25. The lowest BCUT2D eigenvalue weighted by Crippen LogP contribution is -2.44. The number of morpholine rings is 1. The molecule has 0 spiro atoms. The SMILES string of the molecule is C[C@@H]1COCCN1c1nc(-c2ccnc3c2ccn3S(=O)(=O)Cc2ccccc2)nc2c(CS(C)(=O)=O)csc12. The van der Waals surface area contributed by atoms with Crippen LogP contribution in [0.1, 0.15) is 18.1 Å². The molecule has 0 amide bonds. The van der Waals surface area contributed by atoms with Gasteiger partial charge in [-0.1, -0.05) is 30.3 Å². The van der Waals surface area contributed by atoms with Gasteiger partial charge in [0.15, 0.2) is 27.1 Å². The van der Waals surface area contributed by atoms with Gasteiger partial charge in [0.05, 0.1) is 41.0 Å². The summed E-state index contributed by atoms with van der Waals surface area (Å²) in [5, 5.41) is 2.41. The molecule has 1 aliphatic rings. The number of pyridine rings is 1. The van der Waals surface area contributed by atoms with Gasteiger partial charge >= 0.3 is 0 Å². The highest BCUT2D eigenvalue weighted by Crippen LogP contribution is 2.37. The molecule has 10 nitrogen and oxygen atoms in total. The molecule has 6 rings (SSSR count). The predicted octanol–water partition coefficient (Wildman–Crippen LogP) is 3.86. The zero-order valence-corrected chi connectivity index (χ0v) is 24.3. The van der Waals surface area contributed by atoms with Gasteiger partial charge in [-0.3, -0.25) is 0 Å². The number of fused-ring (bicyclic) bond motifs is 2. The quantitative estimate of drug-likeness (QED) is 0.275. The zero-order valence-electron chi connectivity index (χ0n) is 21.9. The Morgan fingerprint density at radius 1 is 1.05 bits per heavy atom. The van der Waals surface area contributed by atoms with Crippen LogP contribution in [0.2, 0.25) is 0 Å². The van der Waals surface area contributed by atoms with E-state index in [1.54, 1.807) is 42.6 Å². The molecule has 1 saturated heterocycles. The lowest BCUT2D eigenvalue weighted by atomic mass is 10.1. The Morgan fingerprint density at radius 3 is 2.60 bits per heavy atom.